The van der Waals surface area contributed by atoms with Crippen LogP contribution in [0, 0.1) is 25.2 Å². The maximum atomic E-state index is 12.1. The molecule has 1 saturated heterocycles. The number of benzene rings is 2. The summed E-state index contributed by atoms with van der Waals surface area (Å²) in [7, 11) is 3.54. The highest BCUT2D eigenvalue weighted by molar-refractivity contribution is 5.74. The summed E-state index contributed by atoms with van der Waals surface area (Å²) in [5.74, 6) is 1.58. The Balaban J connectivity index is 1.60. The van der Waals surface area contributed by atoms with E-state index in [9.17, 15) is 15.2 Å². The number of ether oxygens (including phenoxy) is 4. The number of nitriles is 1. The zero-order chi connectivity index (χ0) is 26.3. The summed E-state index contributed by atoms with van der Waals surface area (Å²) in [6.45, 7) is 5.14. The van der Waals surface area contributed by atoms with Gasteiger partial charge >= 0.3 is 5.97 Å². The summed E-state index contributed by atoms with van der Waals surface area (Å²) in [5.41, 5.74) is 11.7. The summed E-state index contributed by atoms with van der Waals surface area (Å²) < 4.78 is 22.9. The molecule has 0 aromatic heterocycles. The molecule has 4 aliphatic heterocycles. The largest absolute Gasteiger partial charge is 0.504 e. The molecule has 4 aliphatic rings. The van der Waals surface area contributed by atoms with E-state index in [0.29, 0.717) is 47.0 Å². The molecular weight excluding hydrogens is 476 g/mol. The second-order valence-electron chi connectivity index (χ2n) is 10.3. The Kier molecular flexibility index (Phi) is 5.32. The molecule has 0 saturated carbocycles. The molecule has 37 heavy (non-hydrogen) atoms. The molecule has 0 radical (unpaired) electrons. The normalized spacial score (nSPS) is 27.5. The van der Waals surface area contributed by atoms with Crippen molar-refractivity contribution in [1.29, 1.82) is 5.26 Å². The van der Waals surface area contributed by atoms with Gasteiger partial charge in [0.05, 0.1) is 25.4 Å². The van der Waals surface area contributed by atoms with Gasteiger partial charge in [0, 0.05) is 41.3 Å². The Morgan fingerprint density at radius 1 is 1.19 bits per heavy atom. The van der Waals surface area contributed by atoms with Crippen molar-refractivity contribution in [2.45, 2.75) is 63.9 Å². The number of esters is 1. The van der Waals surface area contributed by atoms with Crippen molar-refractivity contribution >= 4 is 5.97 Å². The molecule has 0 amide bonds. The van der Waals surface area contributed by atoms with Crippen molar-refractivity contribution in [2.24, 2.45) is 5.73 Å². The molecule has 4 heterocycles. The third-order valence-corrected chi connectivity index (χ3v) is 8.44. The lowest BCUT2D eigenvalue weighted by atomic mass is 9.72. The highest BCUT2D eigenvalue weighted by Gasteiger charge is 2.56. The summed E-state index contributed by atoms with van der Waals surface area (Å²) in [4.78, 5) is 16.3. The number of phenolic OH excluding ortho intramolecular Hbond substituents is 1. The zero-order valence-electron chi connectivity index (χ0n) is 21.5. The standard InChI is InChI=1S/C27H30N4O6/c1-11-6-14-7-16-18(9-28)31-17(21(30(16)4)19(14)22(33)23(11)34-5)8-15-20(27(31)29)26-25(35-10-36-26)12(2)24(15)37-13(3)32/h6,16-18,21,27,33H,7-8,10,29H2,1-5H3/t16-,17?,18-,21-,27+/m0/s1. The van der Waals surface area contributed by atoms with Crippen LogP contribution >= 0.6 is 0 Å². The second kappa shape index (κ2) is 8.25. The lowest BCUT2D eigenvalue weighted by Gasteiger charge is -2.59. The van der Waals surface area contributed by atoms with E-state index >= 15 is 0 Å². The fourth-order valence-electron chi connectivity index (χ4n) is 7.02. The topological polar surface area (TPSA) is 131 Å². The maximum Gasteiger partial charge on any atom is 0.308 e. The summed E-state index contributed by atoms with van der Waals surface area (Å²) in [6, 6.07) is 3.35. The molecule has 194 valence electrons. The van der Waals surface area contributed by atoms with E-state index in [-0.39, 0.29) is 30.7 Å². The van der Waals surface area contributed by atoms with Crippen LogP contribution in [0.5, 0.6) is 28.7 Å². The van der Waals surface area contributed by atoms with Crippen molar-refractivity contribution in [3.63, 3.8) is 0 Å². The van der Waals surface area contributed by atoms with Gasteiger partial charge in [-0.1, -0.05) is 6.07 Å². The summed E-state index contributed by atoms with van der Waals surface area (Å²) in [5, 5.41) is 21.8. The number of likely N-dealkylation sites (N-methyl/N-ethyl adjacent to an activating group) is 1. The van der Waals surface area contributed by atoms with E-state index in [2.05, 4.69) is 11.0 Å². The molecule has 3 N–H and O–H groups in total. The molecule has 0 aliphatic carbocycles. The average molecular weight is 507 g/mol. The minimum atomic E-state index is -0.710. The fraction of sp³-hybridized carbons (Fsp3) is 0.481. The van der Waals surface area contributed by atoms with Crippen molar-refractivity contribution in [1.82, 2.24) is 9.80 Å². The van der Waals surface area contributed by atoms with E-state index in [1.807, 2.05) is 31.9 Å². The first-order valence-electron chi connectivity index (χ1n) is 12.4. The van der Waals surface area contributed by atoms with Crippen LogP contribution in [-0.2, 0) is 17.6 Å². The van der Waals surface area contributed by atoms with E-state index in [0.717, 1.165) is 22.3 Å². The average Bonchev–Trinajstić information content (AvgIpc) is 3.33. The first-order chi connectivity index (χ1) is 17.7. The molecule has 5 atom stereocenters. The van der Waals surface area contributed by atoms with Gasteiger partial charge in [-0.25, -0.2) is 0 Å². The lowest BCUT2D eigenvalue weighted by Crippen LogP contribution is -2.69. The maximum absolute atomic E-state index is 12.1. The SMILES string of the molecule is COc1c(C)cc2c(c1O)[C@@H]1C3Cc4c(OC(C)=O)c(C)c5c(c4[C@H](N)N3[C@@H](C#N)[C@H](C2)N1C)OCO5. The summed E-state index contributed by atoms with van der Waals surface area (Å²) in [6.07, 6.45) is 0.308. The van der Waals surface area contributed by atoms with E-state index in [1.54, 1.807) is 7.11 Å². The highest BCUT2D eigenvalue weighted by atomic mass is 16.7. The number of aromatic hydroxyl groups is 1. The van der Waals surface area contributed by atoms with Crippen LogP contribution in [0.25, 0.3) is 0 Å². The predicted octanol–water partition coefficient (Wildman–Crippen LogP) is 2.36. The second-order valence-corrected chi connectivity index (χ2v) is 10.3. The number of rotatable bonds is 2. The first kappa shape index (κ1) is 23.9. The number of nitrogens with two attached hydrogens (primary N) is 1. The molecule has 10 heteroatoms. The number of carbonyl (C=O) groups excluding carboxylic acids is 1. The quantitative estimate of drug-likeness (QED) is 0.462. The number of methoxy groups -OCH3 is 1. The number of nitrogens with zero attached hydrogens (tertiary/aromatic N) is 3. The Bertz CT molecular complexity index is 1380. The van der Waals surface area contributed by atoms with Crippen molar-refractivity contribution < 1.29 is 28.8 Å². The smallest absolute Gasteiger partial charge is 0.308 e. The van der Waals surface area contributed by atoms with Crippen LogP contribution in [0.3, 0.4) is 0 Å². The Hall–Kier alpha value is -3.52. The van der Waals surface area contributed by atoms with Gasteiger partial charge in [0.15, 0.2) is 23.0 Å². The Morgan fingerprint density at radius 3 is 2.59 bits per heavy atom. The van der Waals surface area contributed by atoms with Gasteiger partial charge in [-0.15, -0.1) is 0 Å². The van der Waals surface area contributed by atoms with Crippen LogP contribution in [0.1, 0.15) is 52.5 Å². The molecule has 1 unspecified atom stereocenters. The monoisotopic (exact) mass is 506 g/mol. The number of carbonyl (C=O) groups is 1. The minimum absolute atomic E-state index is 0.0400. The molecule has 1 fully saturated rings. The molecule has 2 aromatic carbocycles. The lowest BCUT2D eigenvalue weighted by molar-refractivity contribution is -0.132. The van der Waals surface area contributed by atoms with Crippen LogP contribution in [0.2, 0.25) is 0 Å². The van der Waals surface area contributed by atoms with Gasteiger partial charge in [0.2, 0.25) is 6.79 Å². The number of fused-ring (bicyclic) bond motifs is 9. The first-order valence-corrected chi connectivity index (χ1v) is 12.4. The van der Waals surface area contributed by atoms with Crippen LogP contribution in [-0.4, -0.2) is 60.0 Å². The van der Waals surface area contributed by atoms with Gasteiger partial charge in [-0.3, -0.25) is 14.6 Å². The van der Waals surface area contributed by atoms with Gasteiger partial charge in [-0.2, -0.15) is 5.26 Å². The van der Waals surface area contributed by atoms with Crippen LogP contribution < -0.4 is 24.7 Å². The fourth-order valence-corrected chi connectivity index (χ4v) is 7.02. The van der Waals surface area contributed by atoms with E-state index < -0.39 is 18.2 Å². The van der Waals surface area contributed by atoms with Crippen LogP contribution in [0.4, 0.5) is 0 Å². The Labute approximate surface area is 215 Å². The summed E-state index contributed by atoms with van der Waals surface area (Å²) >= 11 is 0. The third kappa shape index (κ3) is 3.11. The minimum Gasteiger partial charge on any atom is -0.504 e. The molecule has 10 nitrogen and oxygen atoms in total. The van der Waals surface area contributed by atoms with E-state index in [4.69, 9.17) is 24.7 Å². The van der Waals surface area contributed by atoms with Crippen molar-refractivity contribution in [3.8, 4) is 34.8 Å². The highest BCUT2D eigenvalue weighted by Crippen LogP contribution is 2.57. The molecule has 6 rings (SSSR count). The van der Waals surface area contributed by atoms with Gasteiger partial charge < -0.3 is 29.8 Å². The zero-order valence-corrected chi connectivity index (χ0v) is 21.5. The van der Waals surface area contributed by atoms with Gasteiger partial charge in [0.25, 0.3) is 0 Å². The molecule has 0 spiro atoms. The molecule has 2 bridgehead atoms. The number of piperazine rings is 1. The molecule has 2 aromatic rings. The number of hydrogen-bond acceptors (Lipinski definition) is 10. The number of hydrogen-bond donors (Lipinski definition) is 2. The van der Waals surface area contributed by atoms with Gasteiger partial charge in [-0.05, 0) is 44.9 Å². The van der Waals surface area contributed by atoms with Crippen molar-refractivity contribution in [2.75, 3.05) is 21.0 Å². The molecular formula is C27H30N4O6. The van der Waals surface area contributed by atoms with E-state index in [1.165, 1.54) is 6.92 Å². The predicted molar refractivity (Wildman–Crippen MR) is 132 cm³/mol. The van der Waals surface area contributed by atoms with Gasteiger partial charge in [0.1, 0.15) is 11.8 Å². The van der Waals surface area contributed by atoms with Crippen molar-refractivity contribution in [3.05, 3.63) is 39.4 Å². The number of aryl methyl sites for hydroxylation is 1. The third-order valence-electron chi connectivity index (χ3n) is 8.44. The van der Waals surface area contributed by atoms with Crippen LogP contribution in [0.15, 0.2) is 6.07 Å². The Morgan fingerprint density at radius 2 is 1.92 bits per heavy atom. The number of phenols is 1.